The molecule has 0 aromatic heterocycles. The van der Waals surface area contributed by atoms with E-state index in [9.17, 15) is 9.59 Å². The van der Waals surface area contributed by atoms with Crippen molar-refractivity contribution in [3.8, 4) is 0 Å². The summed E-state index contributed by atoms with van der Waals surface area (Å²) in [6, 6.07) is 0. The molecule has 4 fully saturated rings. The molecular formula is C22H30O3. The lowest BCUT2D eigenvalue weighted by Crippen LogP contribution is -2.54. The van der Waals surface area contributed by atoms with Crippen LogP contribution in [0.5, 0.6) is 0 Å². The van der Waals surface area contributed by atoms with Crippen molar-refractivity contribution in [1.29, 1.82) is 0 Å². The highest BCUT2D eigenvalue weighted by molar-refractivity contribution is 5.91. The molecule has 0 amide bonds. The molecule has 25 heavy (non-hydrogen) atoms. The Hall–Kier alpha value is -1.12. The number of carbonyl (C=O) groups excluding carboxylic acids is 2. The van der Waals surface area contributed by atoms with E-state index in [2.05, 4.69) is 13.8 Å². The van der Waals surface area contributed by atoms with Crippen molar-refractivity contribution >= 4 is 11.8 Å². The van der Waals surface area contributed by atoms with Crippen LogP contribution in [0.3, 0.4) is 0 Å². The molecule has 1 saturated heterocycles. The van der Waals surface area contributed by atoms with Crippen molar-refractivity contribution in [2.75, 3.05) is 0 Å². The van der Waals surface area contributed by atoms with E-state index >= 15 is 0 Å². The molecule has 3 saturated carbocycles. The zero-order chi connectivity index (χ0) is 17.4. The minimum Gasteiger partial charge on any atom is -0.458 e. The van der Waals surface area contributed by atoms with E-state index in [4.69, 9.17) is 4.74 Å². The van der Waals surface area contributed by atoms with E-state index in [1.165, 1.54) is 31.3 Å². The van der Waals surface area contributed by atoms with Crippen LogP contribution < -0.4 is 0 Å². The second kappa shape index (κ2) is 4.98. The van der Waals surface area contributed by atoms with E-state index in [1.807, 2.05) is 6.08 Å². The van der Waals surface area contributed by atoms with Crippen molar-refractivity contribution in [3.05, 3.63) is 11.6 Å². The molecule has 0 bridgehead atoms. The quantitative estimate of drug-likeness (QED) is 0.605. The summed E-state index contributed by atoms with van der Waals surface area (Å²) in [5, 5.41) is 0. The van der Waals surface area contributed by atoms with Gasteiger partial charge in [0.05, 0.1) is 0 Å². The molecule has 3 nitrogen and oxygen atoms in total. The van der Waals surface area contributed by atoms with Gasteiger partial charge in [-0.15, -0.1) is 0 Å². The minimum absolute atomic E-state index is 0.0237. The van der Waals surface area contributed by atoms with Gasteiger partial charge in [0.15, 0.2) is 5.78 Å². The highest BCUT2D eigenvalue weighted by Crippen LogP contribution is 2.69. The molecule has 5 aliphatic rings. The maximum atomic E-state index is 11.9. The minimum atomic E-state index is -0.167. The highest BCUT2D eigenvalue weighted by atomic mass is 16.6. The summed E-state index contributed by atoms with van der Waals surface area (Å²) < 4.78 is 6.01. The summed E-state index contributed by atoms with van der Waals surface area (Å²) >= 11 is 0. The fraction of sp³-hybridized carbons (Fsp3) is 0.818. The lowest BCUT2D eigenvalue weighted by molar-refractivity contribution is -0.168. The Kier molecular flexibility index (Phi) is 3.21. The molecule has 0 aromatic carbocycles. The zero-order valence-corrected chi connectivity index (χ0v) is 15.6. The van der Waals surface area contributed by atoms with Gasteiger partial charge in [-0.1, -0.05) is 19.4 Å². The summed E-state index contributed by atoms with van der Waals surface area (Å²) in [4.78, 5) is 23.8. The van der Waals surface area contributed by atoms with Crippen molar-refractivity contribution in [2.45, 2.75) is 83.7 Å². The predicted molar refractivity (Wildman–Crippen MR) is 94.8 cm³/mol. The van der Waals surface area contributed by atoms with Crippen LogP contribution in [-0.2, 0) is 14.3 Å². The molecule has 4 unspecified atom stereocenters. The van der Waals surface area contributed by atoms with Gasteiger partial charge in [0.1, 0.15) is 5.60 Å². The molecule has 136 valence electrons. The first-order valence-electron chi connectivity index (χ1n) is 10.3. The molecule has 0 N–H and O–H groups in total. The van der Waals surface area contributed by atoms with E-state index in [1.54, 1.807) is 0 Å². The van der Waals surface area contributed by atoms with E-state index < -0.39 is 0 Å². The lowest BCUT2D eigenvalue weighted by atomic mass is 9.46. The number of allylic oxidation sites excluding steroid dienone is 1. The van der Waals surface area contributed by atoms with Crippen LogP contribution in [0.4, 0.5) is 0 Å². The van der Waals surface area contributed by atoms with Crippen LogP contribution in [0.1, 0.15) is 78.1 Å². The van der Waals surface area contributed by atoms with Gasteiger partial charge in [-0.3, -0.25) is 9.59 Å². The Morgan fingerprint density at radius 1 is 0.920 bits per heavy atom. The van der Waals surface area contributed by atoms with Crippen molar-refractivity contribution in [2.24, 2.45) is 28.6 Å². The van der Waals surface area contributed by atoms with E-state index in [0.29, 0.717) is 24.0 Å². The molecule has 1 aliphatic heterocycles. The molecule has 4 aliphatic carbocycles. The van der Waals surface area contributed by atoms with Crippen LogP contribution in [0.2, 0.25) is 0 Å². The van der Waals surface area contributed by atoms with Gasteiger partial charge >= 0.3 is 5.97 Å². The third-order valence-electron chi connectivity index (χ3n) is 9.29. The van der Waals surface area contributed by atoms with Crippen LogP contribution in [0, 0.1) is 28.6 Å². The molecule has 5 rings (SSSR count). The number of hydrogen-bond acceptors (Lipinski definition) is 3. The molecule has 0 radical (unpaired) electrons. The highest BCUT2D eigenvalue weighted by Gasteiger charge is 2.66. The topological polar surface area (TPSA) is 43.4 Å². The third kappa shape index (κ3) is 1.93. The molecule has 6 atom stereocenters. The number of ketones is 1. The Bertz CT molecular complexity index is 679. The smallest absolute Gasteiger partial charge is 0.306 e. The van der Waals surface area contributed by atoms with Gasteiger partial charge < -0.3 is 4.74 Å². The Morgan fingerprint density at radius 3 is 2.48 bits per heavy atom. The fourth-order valence-electron chi connectivity index (χ4n) is 7.85. The Labute approximate surface area is 150 Å². The number of hydrogen-bond donors (Lipinski definition) is 0. The number of carbonyl (C=O) groups is 2. The monoisotopic (exact) mass is 342 g/mol. The second-order valence-electron chi connectivity index (χ2n) is 9.93. The SMILES string of the molecule is CC12CCC(=O)C=C1CC[C@@H]1C2CCC2(C)C1CC[C@@]21CCC(=O)O1. The maximum absolute atomic E-state index is 11.9. The standard InChI is InChI=1S/C22H30O3/c1-20-9-5-15(23)13-14(20)3-4-16-17(20)6-10-21(2)18(16)7-11-22(21)12-8-19(24)25-22/h13,16-18H,3-12H2,1-2H3/t16-,17?,18?,20?,21?,22-/m1/s1. The van der Waals surface area contributed by atoms with Crippen molar-refractivity contribution in [3.63, 3.8) is 0 Å². The van der Waals surface area contributed by atoms with E-state index in [0.717, 1.165) is 38.0 Å². The average Bonchev–Trinajstić information content (AvgIpc) is 3.10. The van der Waals surface area contributed by atoms with Crippen LogP contribution in [-0.4, -0.2) is 17.4 Å². The second-order valence-corrected chi connectivity index (χ2v) is 9.93. The van der Waals surface area contributed by atoms with E-state index in [-0.39, 0.29) is 22.4 Å². The van der Waals surface area contributed by atoms with Crippen LogP contribution in [0.15, 0.2) is 11.6 Å². The normalized spacial score (nSPS) is 51.6. The molecular weight excluding hydrogens is 312 g/mol. The summed E-state index contributed by atoms with van der Waals surface area (Å²) in [6.45, 7) is 4.86. The summed E-state index contributed by atoms with van der Waals surface area (Å²) in [7, 11) is 0. The predicted octanol–water partition coefficient (Wildman–Crippen LogP) is 4.59. The maximum Gasteiger partial charge on any atom is 0.306 e. The molecule has 1 spiro atoms. The Morgan fingerprint density at radius 2 is 1.72 bits per heavy atom. The van der Waals surface area contributed by atoms with Gasteiger partial charge in [0.25, 0.3) is 0 Å². The van der Waals surface area contributed by atoms with Gasteiger partial charge in [-0.05, 0) is 80.6 Å². The van der Waals surface area contributed by atoms with Gasteiger partial charge in [0, 0.05) is 18.3 Å². The van der Waals surface area contributed by atoms with Crippen molar-refractivity contribution in [1.82, 2.24) is 0 Å². The fourth-order valence-corrected chi connectivity index (χ4v) is 7.85. The van der Waals surface area contributed by atoms with Gasteiger partial charge in [0.2, 0.25) is 0 Å². The molecule has 1 heterocycles. The van der Waals surface area contributed by atoms with Crippen LogP contribution >= 0.6 is 0 Å². The number of rotatable bonds is 0. The average molecular weight is 342 g/mol. The first-order valence-corrected chi connectivity index (χ1v) is 10.3. The summed E-state index contributed by atoms with van der Waals surface area (Å²) in [5.41, 5.74) is 1.68. The lowest BCUT2D eigenvalue weighted by Gasteiger charge is -2.59. The first-order chi connectivity index (χ1) is 11.9. The van der Waals surface area contributed by atoms with Gasteiger partial charge in [-0.2, -0.15) is 0 Å². The number of ether oxygens (including phenoxy) is 1. The molecule has 3 heteroatoms. The summed E-state index contributed by atoms with van der Waals surface area (Å²) in [5.74, 6) is 2.51. The largest absolute Gasteiger partial charge is 0.458 e. The molecule has 0 aromatic rings. The van der Waals surface area contributed by atoms with Crippen molar-refractivity contribution < 1.29 is 14.3 Å². The number of esters is 1. The first kappa shape index (κ1) is 16.1. The zero-order valence-electron chi connectivity index (χ0n) is 15.6. The van der Waals surface area contributed by atoms with Gasteiger partial charge in [-0.25, -0.2) is 0 Å². The summed E-state index contributed by atoms with van der Waals surface area (Å²) in [6.07, 6.45) is 12.3. The van der Waals surface area contributed by atoms with Crippen LogP contribution in [0.25, 0.3) is 0 Å². The Balaban J connectivity index is 1.49. The third-order valence-corrected chi connectivity index (χ3v) is 9.29. The number of fused-ring (bicyclic) bond motifs is 6.